The minimum absolute atomic E-state index is 0.680. The van der Waals surface area contributed by atoms with Crippen molar-refractivity contribution in [2.45, 2.75) is 32.4 Å². The molecule has 0 aliphatic heterocycles. The van der Waals surface area contributed by atoms with E-state index in [9.17, 15) is 0 Å². The molecule has 1 N–H and O–H groups in total. The summed E-state index contributed by atoms with van der Waals surface area (Å²) in [6, 6.07) is 8.75. The summed E-state index contributed by atoms with van der Waals surface area (Å²) in [5.41, 5.74) is 2.35. The highest BCUT2D eigenvalue weighted by atomic mass is 16.5. The van der Waals surface area contributed by atoms with Gasteiger partial charge in [-0.15, -0.1) is 0 Å². The third-order valence-corrected chi connectivity index (χ3v) is 3.33. The Kier molecular flexibility index (Phi) is 3.40. The monoisotopic (exact) mass is 257 g/mol. The Morgan fingerprint density at radius 3 is 2.79 bits per heavy atom. The third kappa shape index (κ3) is 2.89. The Labute approximate surface area is 113 Å². The quantitative estimate of drug-likeness (QED) is 0.863. The highest BCUT2D eigenvalue weighted by Gasteiger charge is 2.24. The van der Waals surface area contributed by atoms with Crippen molar-refractivity contribution in [3.63, 3.8) is 0 Å². The van der Waals surface area contributed by atoms with Gasteiger partial charge in [0.25, 0.3) is 0 Å². The minimum Gasteiger partial charge on any atom is -0.494 e. The van der Waals surface area contributed by atoms with Gasteiger partial charge in [-0.05, 0) is 44.0 Å². The van der Waals surface area contributed by atoms with E-state index in [2.05, 4.69) is 14.9 Å². The number of aromatic nitrogens is 2. The normalized spacial score (nSPS) is 14.4. The second kappa shape index (κ2) is 5.34. The van der Waals surface area contributed by atoms with Crippen LogP contribution in [0.4, 0.5) is 5.69 Å². The average molecular weight is 257 g/mol. The molecule has 100 valence electrons. The van der Waals surface area contributed by atoms with Crippen molar-refractivity contribution in [1.29, 1.82) is 0 Å². The minimum atomic E-state index is 0.680. The van der Waals surface area contributed by atoms with E-state index in [1.807, 2.05) is 43.7 Å². The Balaban J connectivity index is 1.60. The molecule has 4 heteroatoms. The van der Waals surface area contributed by atoms with Crippen LogP contribution in [0.5, 0.6) is 5.75 Å². The van der Waals surface area contributed by atoms with Crippen molar-refractivity contribution >= 4 is 5.69 Å². The first-order valence-electron chi connectivity index (χ1n) is 6.84. The first-order chi connectivity index (χ1) is 9.36. The number of hydrogen-bond acceptors (Lipinski definition) is 3. The zero-order chi connectivity index (χ0) is 13.1. The zero-order valence-electron chi connectivity index (χ0n) is 11.2. The molecule has 3 rings (SSSR count). The largest absolute Gasteiger partial charge is 0.494 e. The van der Waals surface area contributed by atoms with Gasteiger partial charge < -0.3 is 14.6 Å². The lowest BCUT2D eigenvalue weighted by Gasteiger charge is -2.10. The Bertz CT molecular complexity index is 529. The average Bonchev–Trinajstić information content (AvgIpc) is 3.17. The summed E-state index contributed by atoms with van der Waals surface area (Å²) in [6.07, 6.45) is 6.45. The summed E-state index contributed by atoms with van der Waals surface area (Å²) in [7, 11) is 0. The number of imidazole rings is 1. The number of anilines is 1. The van der Waals surface area contributed by atoms with Gasteiger partial charge >= 0.3 is 0 Å². The molecule has 1 aromatic carbocycles. The summed E-state index contributed by atoms with van der Waals surface area (Å²) in [5, 5.41) is 3.42. The molecule has 1 saturated carbocycles. The van der Waals surface area contributed by atoms with Crippen LogP contribution in [-0.2, 0) is 6.54 Å². The molecule has 0 unspecified atom stereocenters. The topological polar surface area (TPSA) is 39.1 Å². The van der Waals surface area contributed by atoms with Crippen LogP contribution in [0.3, 0.4) is 0 Å². The molecule has 1 heterocycles. The Morgan fingerprint density at radius 1 is 1.32 bits per heavy atom. The van der Waals surface area contributed by atoms with Gasteiger partial charge in [-0.2, -0.15) is 0 Å². The molecule has 0 amide bonds. The smallest absolute Gasteiger partial charge is 0.119 e. The van der Waals surface area contributed by atoms with Crippen molar-refractivity contribution in [1.82, 2.24) is 9.55 Å². The fourth-order valence-electron chi connectivity index (χ4n) is 2.18. The lowest BCUT2D eigenvalue weighted by atomic mass is 10.3. The van der Waals surface area contributed by atoms with Crippen LogP contribution >= 0.6 is 0 Å². The lowest BCUT2D eigenvalue weighted by Crippen LogP contribution is -2.05. The maximum absolute atomic E-state index is 5.43. The van der Waals surface area contributed by atoms with E-state index in [-0.39, 0.29) is 0 Å². The first kappa shape index (κ1) is 12.1. The van der Waals surface area contributed by atoms with E-state index in [0.717, 1.165) is 18.0 Å². The second-order valence-electron chi connectivity index (χ2n) is 4.83. The Morgan fingerprint density at radius 2 is 2.11 bits per heavy atom. The number of nitrogens with zero attached hydrogens (tertiary/aromatic N) is 2. The summed E-state index contributed by atoms with van der Waals surface area (Å²) in [4.78, 5) is 4.24. The van der Waals surface area contributed by atoms with Gasteiger partial charge in [0.15, 0.2) is 0 Å². The summed E-state index contributed by atoms with van der Waals surface area (Å²) in [6.45, 7) is 3.50. The molecule has 1 aromatic heterocycles. The number of ether oxygens (including phenoxy) is 1. The summed E-state index contributed by atoms with van der Waals surface area (Å²) in [5.74, 6) is 0.913. The maximum Gasteiger partial charge on any atom is 0.119 e. The molecule has 0 spiro atoms. The van der Waals surface area contributed by atoms with E-state index in [0.29, 0.717) is 12.6 Å². The van der Waals surface area contributed by atoms with E-state index < -0.39 is 0 Å². The SMILES string of the molecule is CCOc1ccc(NCc2cncn2C2CC2)cc1. The first-order valence-corrected chi connectivity index (χ1v) is 6.84. The van der Waals surface area contributed by atoms with Crippen molar-refractivity contribution in [2.75, 3.05) is 11.9 Å². The molecule has 0 saturated heterocycles. The lowest BCUT2D eigenvalue weighted by molar-refractivity contribution is 0.340. The fourth-order valence-corrected chi connectivity index (χ4v) is 2.18. The van der Waals surface area contributed by atoms with Crippen LogP contribution in [0.15, 0.2) is 36.8 Å². The molecule has 2 aromatic rings. The van der Waals surface area contributed by atoms with Crippen molar-refractivity contribution in [3.05, 3.63) is 42.5 Å². The molecule has 1 fully saturated rings. The van der Waals surface area contributed by atoms with E-state index >= 15 is 0 Å². The predicted octanol–water partition coefficient (Wildman–Crippen LogP) is 3.23. The van der Waals surface area contributed by atoms with Gasteiger partial charge in [-0.3, -0.25) is 0 Å². The van der Waals surface area contributed by atoms with Crippen LogP contribution in [0.1, 0.15) is 31.5 Å². The highest BCUT2D eigenvalue weighted by molar-refractivity contribution is 5.46. The van der Waals surface area contributed by atoms with Crippen LogP contribution < -0.4 is 10.1 Å². The van der Waals surface area contributed by atoms with E-state index in [1.54, 1.807) is 0 Å². The molecule has 1 aliphatic rings. The second-order valence-corrected chi connectivity index (χ2v) is 4.83. The van der Waals surface area contributed by atoms with Gasteiger partial charge in [0.2, 0.25) is 0 Å². The molecular weight excluding hydrogens is 238 g/mol. The highest BCUT2D eigenvalue weighted by Crippen LogP contribution is 2.35. The van der Waals surface area contributed by atoms with Crippen molar-refractivity contribution in [2.24, 2.45) is 0 Å². The van der Waals surface area contributed by atoms with Gasteiger partial charge in [-0.1, -0.05) is 0 Å². The predicted molar refractivity (Wildman–Crippen MR) is 75.4 cm³/mol. The standard InChI is InChI=1S/C15H19N3O/c1-2-19-15-7-3-12(4-8-15)17-10-14-9-16-11-18(14)13-5-6-13/h3-4,7-9,11,13,17H,2,5-6,10H2,1H3. The van der Waals surface area contributed by atoms with Crippen LogP contribution in [-0.4, -0.2) is 16.2 Å². The zero-order valence-corrected chi connectivity index (χ0v) is 11.2. The third-order valence-electron chi connectivity index (χ3n) is 3.33. The molecule has 0 radical (unpaired) electrons. The summed E-state index contributed by atoms with van der Waals surface area (Å²) < 4.78 is 7.71. The van der Waals surface area contributed by atoms with Crippen LogP contribution in [0.2, 0.25) is 0 Å². The maximum atomic E-state index is 5.43. The van der Waals surface area contributed by atoms with E-state index in [1.165, 1.54) is 18.5 Å². The summed E-state index contributed by atoms with van der Waals surface area (Å²) >= 11 is 0. The molecule has 4 nitrogen and oxygen atoms in total. The van der Waals surface area contributed by atoms with Crippen molar-refractivity contribution < 1.29 is 4.74 Å². The molecule has 0 bridgehead atoms. The van der Waals surface area contributed by atoms with Gasteiger partial charge in [0.05, 0.1) is 25.2 Å². The number of nitrogens with one attached hydrogen (secondary N) is 1. The fraction of sp³-hybridized carbons (Fsp3) is 0.400. The van der Waals surface area contributed by atoms with Gasteiger partial charge in [-0.25, -0.2) is 4.98 Å². The van der Waals surface area contributed by atoms with Crippen molar-refractivity contribution in [3.8, 4) is 5.75 Å². The molecule has 1 aliphatic carbocycles. The van der Waals surface area contributed by atoms with Crippen LogP contribution in [0, 0.1) is 0 Å². The van der Waals surface area contributed by atoms with Gasteiger partial charge in [0.1, 0.15) is 5.75 Å². The Hall–Kier alpha value is -1.97. The number of hydrogen-bond donors (Lipinski definition) is 1. The number of benzene rings is 1. The van der Waals surface area contributed by atoms with Crippen LogP contribution in [0.25, 0.3) is 0 Å². The van der Waals surface area contributed by atoms with E-state index in [4.69, 9.17) is 4.74 Å². The van der Waals surface area contributed by atoms with Gasteiger partial charge in [0, 0.05) is 17.9 Å². The molecule has 19 heavy (non-hydrogen) atoms. The molecular formula is C15H19N3O. The molecule has 0 atom stereocenters. The number of rotatable bonds is 6.